The Bertz CT molecular complexity index is 613. The molecule has 2 N–H and O–H groups in total. The molecule has 0 aliphatic heterocycles. The van der Waals surface area contributed by atoms with Crippen molar-refractivity contribution in [3.63, 3.8) is 0 Å². The molecule has 2 rings (SSSR count). The Hall–Kier alpha value is -1.87. The van der Waals surface area contributed by atoms with Crippen molar-refractivity contribution in [1.82, 2.24) is 0 Å². The molecule has 0 saturated carbocycles. The number of nitrogen functional groups attached to an aromatic ring is 1. The van der Waals surface area contributed by atoms with Gasteiger partial charge >= 0.3 is 0 Å². The van der Waals surface area contributed by atoms with Crippen LogP contribution in [-0.4, -0.2) is 13.2 Å². The van der Waals surface area contributed by atoms with Crippen LogP contribution in [0.3, 0.4) is 0 Å². The molecule has 0 spiro atoms. The molecule has 0 radical (unpaired) electrons. The third kappa shape index (κ3) is 4.30. The quantitative estimate of drug-likeness (QED) is 0.835. The van der Waals surface area contributed by atoms with Gasteiger partial charge in [0.15, 0.2) is 0 Å². The monoisotopic (exact) mass is 304 g/mol. The molecule has 2 aromatic carbocycles. The Morgan fingerprint density at radius 2 is 1.90 bits per heavy atom. The third-order valence-electron chi connectivity index (χ3n) is 3.09. The van der Waals surface area contributed by atoms with Gasteiger partial charge in [-0.2, -0.15) is 0 Å². The zero-order chi connectivity index (χ0) is 15.4. The summed E-state index contributed by atoms with van der Waals surface area (Å²) in [6.45, 7) is 4.71. The minimum atomic E-state index is 0.119. The van der Waals surface area contributed by atoms with Crippen LogP contribution in [0.5, 0.6) is 5.75 Å². The number of nitrogens with two attached hydrogens (primary N) is 1. The second-order valence-corrected chi connectivity index (χ2v) is 5.78. The second-order valence-electron chi connectivity index (χ2n) is 5.37. The summed E-state index contributed by atoms with van der Waals surface area (Å²) < 4.78 is 5.73. The fraction of sp³-hybridized carbons (Fsp3) is 0.294. The van der Waals surface area contributed by atoms with Gasteiger partial charge in [0.05, 0.1) is 6.10 Å². The van der Waals surface area contributed by atoms with Crippen LogP contribution in [0.2, 0.25) is 5.02 Å². The van der Waals surface area contributed by atoms with Crippen molar-refractivity contribution in [1.29, 1.82) is 0 Å². The molecule has 0 amide bonds. The molecule has 0 bridgehead atoms. The number of benzene rings is 2. The van der Waals surface area contributed by atoms with Gasteiger partial charge in [0.2, 0.25) is 0 Å². The highest BCUT2D eigenvalue weighted by atomic mass is 35.5. The first-order valence-electron chi connectivity index (χ1n) is 6.97. The first kappa shape index (κ1) is 15.5. The Morgan fingerprint density at radius 1 is 1.19 bits per heavy atom. The van der Waals surface area contributed by atoms with E-state index in [0.717, 1.165) is 22.0 Å². The minimum Gasteiger partial charge on any atom is -0.491 e. The molecule has 0 atom stereocenters. The Balaban J connectivity index is 2.20. The summed E-state index contributed by atoms with van der Waals surface area (Å²) in [5.74, 6) is 0.783. The van der Waals surface area contributed by atoms with Crippen molar-refractivity contribution in [2.75, 3.05) is 17.7 Å². The van der Waals surface area contributed by atoms with Gasteiger partial charge in [-0.3, -0.25) is 0 Å². The molecule has 0 saturated heterocycles. The van der Waals surface area contributed by atoms with Crippen LogP contribution in [0.25, 0.3) is 0 Å². The zero-order valence-corrected chi connectivity index (χ0v) is 13.4. The maximum atomic E-state index is 6.21. The maximum Gasteiger partial charge on any atom is 0.123 e. The summed E-state index contributed by atoms with van der Waals surface area (Å²) in [7, 11) is 2.01. The highest BCUT2D eigenvalue weighted by Crippen LogP contribution is 2.27. The summed E-state index contributed by atoms with van der Waals surface area (Å²) in [6, 6.07) is 13.6. The molecular weight excluding hydrogens is 284 g/mol. The first-order chi connectivity index (χ1) is 9.95. The lowest BCUT2D eigenvalue weighted by molar-refractivity contribution is 0.242. The molecule has 0 aliphatic carbocycles. The molecule has 0 unspecified atom stereocenters. The van der Waals surface area contributed by atoms with E-state index in [1.54, 1.807) is 0 Å². The van der Waals surface area contributed by atoms with Crippen molar-refractivity contribution in [2.24, 2.45) is 0 Å². The molecule has 0 heterocycles. The summed E-state index contributed by atoms with van der Waals surface area (Å²) >= 11 is 6.21. The lowest BCUT2D eigenvalue weighted by Gasteiger charge is -2.22. The minimum absolute atomic E-state index is 0.119. The van der Waals surface area contributed by atoms with Gasteiger partial charge in [0, 0.05) is 42.1 Å². The van der Waals surface area contributed by atoms with Gasteiger partial charge in [-0.05, 0) is 31.5 Å². The number of nitrogens with zero attached hydrogens (tertiary/aromatic N) is 1. The van der Waals surface area contributed by atoms with Gasteiger partial charge in [0.1, 0.15) is 5.75 Å². The van der Waals surface area contributed by atoms with E-state index in [-0.39, 0.29) is 6.10 Å². The molecule has 21 heavy (non-hydrogen) atoms. The molecule has 0 fully saturated rings. The Labute approximate surface area is 131 Å². The van der Waals surface area contributed by atoms with Gasteiger partial charge < -0.3 is 15.4 Å². The number of rotatable bonds is 5. The van der Waals surface area contributed by atoms with E-state index in [4.69, 9.17) is 22.1 Å². The van der Waals surface area contributed by atoms with Crippen LogP contribution in [0.1, 0.15) is 19.4 Å². The van der Waals surface area contributed by atoms with Crippen LogP contribution < -0.4 is 15.4 Å². The maximum absolute atomic E-state index is 6.21. The molecular formula is C17H21ClN2O. The third-order valence-corrected chi connectivity index (χ3v) is 3.46. The van der Waals surface area contributed by atoms with Gasteiger partial charge in [-0.25, -0.2) is 0 Å². The SMILES string of the molecule is CC(C)Oc1cc(N)cc(N(C)Cc2ccccc2Cl)c1. The first-order valence-corrected chi connectivity index (χ1v) is 7.35. The van der Waals surface area contributed by atoms with E-state index in [2.05, 4.69) is 4.90 Å². The molecule has 0 aliphatic rings. The summed E-state index contributed by atoms with van der Waals surface area (Å²) in [5.41, 5.74) is 8.74. The predicted octanol–water partition coefficient (Wildman–Crippen LogP) is 4.35. The number of ether oxygens (including phenoxy) is 1. The van der Waals surface area contributed by atoms with E-state index in [9.17, 15) is 0 Å². The van der Waals surface area contributed by atoms with Crippen molar-refractivity contribution in [3.05, 3.63) is 53.1 Å². The highest BCUT2D eigenvalue weighted by molar-refractivity contribution is 6.31. The van der Waals surface area contributed by atoms with Crippen LogP contribution in [0.4, 0.5) is 11.4 Å². The van der Waals surface area contributed by atoms with Crippen LogP contribution in [0.15, 0.2) is 42.5 Å². The number of halogens is 1. The van der Waals surface area contributed by atoms with Gasteiger partial charge in [0.25, 0.3) is 0 Å². The van der Waals surface area contributed by atoms with Gasteiger partial charge in [-0.15, -0.1) is 0 Å². The average molecular weight is 305 g/mol. The summed E-state index contributed by atoms with van der Waals surface area (Å²) in [5, 5.41) is 0.770. The van der Waals surface area contributed by atoms with Crippen LogP contribution in [-0.2, 0) is 6.54 Å². The molecule has 0 aromatic heterocycles. The molecule has 112 valence electrons. The molecule has 2 aromatic rings. The molecule has 4 heteroatoms. The normalized spacial score (nSPS) is 10.7. The standard InChI is InChI=1S/C17H21ClN2O/c1-12(2)21-16-9-14(19)8-15(10-16)20(3)11-13-6-4-5-7-17(13)18/h4-10,12H,11,19H2,1-3H3. The fourth-order valence-corrected chi connectivity index (χ4v) is 2.34. The van der Waals surface area contributed by atoms with E-state index in [0.29, 0.717) is 12.2 Å². The van der Waals surface area contributed by atoms with Crippen LogP contribution in [0, 0.1) is 0 Å². The van der Waals surface area contributed by atoms with Crippen molar-refractivity contribution < 1.29 is 4.74 Å². The Morgan fingerprint density at radius 3 is 2.57 bits per heavy atom. The number of hydrogen-bond donors (Lipinski definition) is 1. The van der Waals surface area contributed by atoms with Crippen LogP contribution >= 0.6 is 11.6 Å². The summed E-state index contributed by atoms with van der Waals surface area (Å²) in [6.07, 6.45) is 0.119. The van der Waals surface area contributed by atoms with Crippen molar-refractivity contribution in [3.8, 4) is 5.75 Å². The topological polar surface area (TPSA) is 38.5 Å². The van der Waals surface area contributed by atoms with E-state index in [1.807, 2.05) is 63.4 Å². The fourth-order valence-electron chi connectivity index (χ4n) is 2.14. The summed E-state index contributed by atoms with van der Waals surface area (Å²) in [4.78, 5) is 2.10. The average Bonchev–Trinajstić information content (AvgIpc) is 2.40. The lowest BCUT2D eigenvalue weighted by atomic mass is 10.2. The highest BCUT2D eigenvalue weighted by Gasteiger charge is 2.08. The second kappa shape index (κ2) is 6.72. The molecule has 3 nitrogen and oxygen atoms in total. The van der Waals surface area contributed by atoms with Gasteiger partial charge in [-0.1, -0.05) is 29.8 Å². The van der Waals surface area contributed by atoms with Crippen molar-refractivity contribution >= 4 is 23.0 Å². The zero-order valence-electron chi connectivity index (χ0n) is 12.6. The number of anilines is 2. The van der Waals surface area contributed by atoms with E-state index < -0.39 is 0 Å². The van der Waals surface area contributed by atoms with Crippen molar-refractivity contribution in [2.45, 2.75) is 26.5 Å². The number of hydrogen-bond acceptors (Lipinski definition) is 3. The largest absolute Gasteiger partial charge is 0.491 e. The van der Waals surface area contributed by atoms with E-state index in [1.165, 1.54) is 0 Å². The Kier molecular flexibility index (Phi) is 4.97. The smallest absolute Gasteiger partial charge is 0.123 e. The lowest BCUT2D eigenvalue weighted by Crippen LogP contribution is -2.17. The predicted molar refractivity (Wildman–Crippen MR) is 90.2 cm³/mol. The van der Waals surface area contributed by atoms with E-state index >= 15 is 0 Å².